The number of carbonyl (C=O) groups is 2. The number of amides is 1. The van der Waals surface area contributed by atoms with Crippen LogP contribution in [0.4, 0.5) is 0 Å². The third-order valence-corrected chi connectivity index (χ3v) is 2.95. The van der Waals surface area contributed by atoms with E-state index in [1.807, 2.05) is 13.8 Å². The first-order valence-electron chi connectivity index (χ1n) is 5.69. The standard InChI is InChI=1S/C13H16BrNO3/c1-8(2)7-11(13(17)18)15-12(16)9-3-5-10(14)6-4-9/h3-6,8,11H,7H2,1-2H3,(H,15,16)(H,17,18)/t11-/m0/s1. The predicted octanol–water partition coefficient (Wildman–Crippen LogP) is 2.68. The summed E-state index contributed by atoms with van der Waals surface area (Å²) < 4.78 is 0.871. The molecular formula is C13H16BrNO3. The van der Waals surface area contributed by atoms with Gasteiger partial charge in [0, 0.05) is 10.0 Å². The molecule has 0 radical (unpaired) electrons. The van der Waals surface area contributed by atoms with E-state index in [4.69, 9.17) is 5.11 Å². The Morgan fingerprint density at radius 1 is 1.28 bits per heavy atom. The zero-order valence-corrected chi connectivity index (χ0v) is 11.9. The minimum atomic E-state index is -1.01. The number of hydrogen-bond acceptors (Lipinski definition) is 2. The van der Waals surface area contributed by atoms with Crippen molar-refractivity contribution in [1.29, 1.82) is 0 Å². The molecule has 0 aromatic heterocycles. The molecule has 4 nitrogen and oxygen atoms in total. The number of rotatable bonds is 5. The Morgan fingerprint density at radius 2 is 1.83 bits per heavy atom. The van der Waals surface area contributed by atoms with Gasteiger partial charge < -0.3 is 10.4 Å². The highest BCUT2D eigenvalue weighted by molar-refractivity contribution is 9.10. The van der Waals surface area contributed by atoms with Gasteiger partial charge in [0.15, 0.2) is 0 Å². The number of benzene rings is 1. The Labute approximate surface area is 115 Å². The normalized spacial score (nSPS) is 12.2. The van der Waals surface area contributed by atoms with E-state index in [1.54, 1.807) is 24.3 Å². The average Bonchev–Trinajstić information content (AvgIpc) is 2.28. The Morgan fingerprint density at radius 3 is 2.28 bits per heavy atom. The van der Waals surface area contributed by atoms with Gasteiger partial charge in [-0.2, -0.15) is 0 Å². The van der Waals surface area contributed by atoms with Gasteiger partial charge in [-0.1, -0.05) is 29.8 Å². The predicted molar refractivity (Wildman–Crippen MR) is 72.5 cm³/mol. The first kappa shape index (κ1) is 14.7. The van der Waals surface area contributed by atoms with Gasteiger partial charge in [-0.05, 0) is 36.6 Å². The molecule has 0 fully saturated rings. The van der Waals surface area contributed by atoms with Crippen molar-refractivity contribution in [1.82, 2.24) is 5.32 Å². The number of carboxylic acids is 1. The Bertz CT molecular complexity index is 428. The summed E-state index contributed by atoms with van der Waals surface area (Å²) in [6.07, 6.45) is 0.414. The average molecular weight is 314 g/mol. The molecule has 0 aliphatic rings. The number of carbonyl (C=O) groups excluding carboxylic acids is 1. The van der Waals surface area contributed by atoms with Crippen LogP contribution in [-0.4, -0.2) is 23.0 Å². The van der Waals surface area contributed by atoms with Crippen LogP contribution in [0.25, 0.3) is 0 Å². The fraction of sp³-hybridized carbons (Fsp3) is 0.385. The van der Waals surface area contributed by atoms with E-state index in [-0.39, 0.29) is 11.8 Å². The lowest BCUT2D eigenvalue weighted by molar-refractivity contribution is -0.139. The van der Waals surface area contributed by atoms with E-state index in [9.17, 15) is 9.59 Å². The van der Waals surface area contributed by atoms with Crippen LogP contribution in [0.15, 0.2) is 28.7 Å². The summed E-state index contributed by atoms with van der Waals surface area (Å²) in [6.45, 7) is 3.84. The van der Waals surface area contributed by atoms with E-state index >= 15 is 0 Å². The van der Waals surface area contributed by atoms with Gasteiger partial charge in [-0.25, -0.2) is 4.79 Å². The zero-order chi connectivity index (χ0) is 13.7. The van der Waals surface area contributed by atoms with Crippen molar-refractivity contribution in [3.63, 3.8) is 0 Å². The maximum atomic E-state index is 11.9. The fourth-order valence-corrected chi connectivity index (χ4v) is 1.80. The molecule has 0 heterocycles. The molecule has 2 N–H and O–H groups in total. The van der Waals surface area contributed by atoms with Crippen LogP contribution in [0.2, 0.25) is 0 Å². The molecule has 0 aliphatic carbocycles. The second-order valence-corrected chi connectivity index (χ2v) is 5.42. The number of hydrogen-bond donors (Lipinski definition) is 2. The highest BCUT2D eigenvalue weighted by Gasteiger charge is 2.21. The number of halogens is 1. The quantitative estimate of drug-likeness (QED) is 0.878. The van der Waals surface area contributed by atoms with E-state index in [1.165, 1.54) is 0 Å². The number of nitrogens with one attached hydrogen (secondary N) is 1. The van der Waals surface area contributed by atoms with E-state index < -0.39 is 12.0 Å². The first-order valence-corrected chi connectivity index (χ1v) is 6.48. The molecule has 1 aromatic rings. The van der Waals surface area contributed by atoms with Crippen molar-refractivity contribution in [3.8, 4) is 0 Å². The van der Waals surface area contributed by atoms with Gasteiger partial charge in [-0.3, -0.25) is 4.79 Å². The Balaban J connectivity index is 2.72. The molecule has 1 amide bonds. The molecule has 0 unspecified atom stereocenters. The summed E-state index contributed by atoms with van der Waals surface area (Å²) in [7, 11) is 0. The van der Waals surface area contributed by atoms with Gasteiger partial charge in [-0.15, -0.1) is 0 Å². The summed E-state index contributed by atoms with van der Waals surface area (Å²) in [4.78, 5) is 22.9. The summed E-state index contributed by atoms with van der Waals surface area (Å²) in [5.41, 5.74) is 0.452. The van der Waals surface area contributed by atoms with Gasteiger partial charge in [0.1, 0.15) is 6.04 Å². The molecule has 1 rings (SSSR count). The molecule has 0 saturated carbocycles. The molecule has 5 heteroatoms. The van der Waals surface area contributed by atoms with Gasteiger partial charge in [0.2, 0.25) is 0 Å². The lowest BCUT2D eigenvalue weighted by atomic mass is 10.0. The maximum Gasteiger partial charge on any atom is 0.326 e. The summed E-state index contributed by atoms with van der Waals surface area (Å²) in [6, 6.07) is 5.93. The third kappa shape index (κ3) is 4.49. The summed E-state index contributed by atoms with van der Waals surface area (Å²) in [5, 5.41) is 11.6. The summed E-state index contributed by atoms with van der Waals surface area (Å²) in [5.74, 6) is -1.17. The highest BCUT2D eigenvalue weighted by atomic mass is 79.9. The maximum absolute atomic E-state index is 11.9. The molecule has 0 aliphatic heterocycles. The largest absolute Gasteiger partial charge is 0.480 e. The highest BCUT2D eigenvalue weighted by Crippen LogP contribution is 2.11. The van der Waals surface area contributed by atoms with Crippen molar-refractivity contribution in [2.75, 3.05) is 0 Å². The van der Waals surface area contributed by atoms with Crippen LogP contribution in [0.5, 0.6) is 0 Å². The van der Waals surface area contributed by atoms with Crippen LogP contribution >= 0.6 is 15.9 Å². The third-order valence-electron chi connectivity index (χ3n) is 2.42. The lowest BCUT2D eigenvalue weighted by Gasteiger charge is -2.16. The zero-order valence-electron chi connectivity index (χ0n) is 10.3. The number of aliphatic carboxylic acids is 1. The van der Waals surface area contributed by atoms with Crippen LogP contribution in [0.3, 0.4) is 0 Å². The van der Waals surface area contributed by atoms with Gasteiger partial charge in [0.25, 0.3) is 5.91 Å². The van der Waals surface area contributed by atoms with E-state index in [2.05, 4.69) is 21.2 Å². The topological polar surface area (TPSA) is 66.4 Å². The second-order valence-electron chi connectivity index (χ2n) is 4.50. The van der Waals surface area contributed by atoms with Crippen molar-refractivity contribution >= 4 is 27.8 Å². The molecule has 0 spiro atoms. The van der Waals surface area contributed by atoms with Crippen molar-refractivity contribution in [3.05, 3.63) is 34.3 Å². The number of carboxylic acid groups (broad SMARTS) is 1. The lowest BCUT2D eigenvalue weighted by Crippen LogP contribution is -2.41. The van der Waals surface area contributed by atoms with Crippen LogP contribution in [-0.2, 0) is 4.79 Å². The summed E-state index contributed by atoms with van der Waals surface area (Å²) >= 11 is 3.28. The minimum Gasteiger partial charge on any atom is -0.480 e. The Hall–Kier alpha value is -1.36. The fourth-order valence-electron chi connectivity index (χ4n) is 1.54. The molecule has 1 atom stereocenters. The van der Waals surface area contributed by atoms with Gasteiger partial charge >= 0.3 is 5.97 Å². The van der Waals surface area contributed by atoms with Crippen molar-refractivity contribution in [2.24, 2.45) is 5.92 Å². The van der Waals surface area contributed by atoms with Crippen LogP contribution in [0.1, 0.15) is 30.6 Å². The smallest absolute Gasteiger partial charge is 0.326 e. The SMILES string of the molecule is CC(C)C[C@H](NC(=O)c1ccc(Br)cc1)C(=O)O. The van der Waals surface area contributed by atoms with Crippen LogP contribution in [0, 0.1) is 5.92 Å². The molecule has 0 saturated heterocycles. The first-order chi connectivity index (χ1) is 8.40. The molecule has 18 heavy (non-hydrogen) atoms. The van der Waals surface area contributed by atoms with E-state index in [0.717, 1.165) is 4.47 Å². The minimum absolute atomic E-state index is 0.205. The molecule has 1 aromatic carbocycles. The van der Waals surface area contributed by atoms with E-state index in [0.29, 0.717) is 12.0 Å². The van der Waals surface area contributed by atoms with Crippen molar-refractivity contribution < 1.29 is 14.7 Å². The van der Waals surface area contributed by atoms with Crippen molar-refractivity contribution in [2.45, 2.75) is 26.3 Å². The van der Waals surface area contributed by atoms with Gasteiger partial charge in [0.05, 0.1) is 0 Å². The molecule has 0 bridgehead atoms. The Kier molecular flexibility index (Phi) is 5.34. The molecular weight excluding hydrogens is 298 g/mol. The molecule has 98 valence electrons. The van der Waals surface area contributed by atoms with Crippen LogP contribution < -0.4 is 5.32 Å². The second kappa shape index (κ2) is 6.54. The monoisotopic (exact) mass is 313 g/mol.